The molecule has 0 saturated heterocycles. The van der Waals surface area contributed by atoms with Gasteiger partial charge in [0.15, 0.2) is 0 Å². The Kier molecular flexibility index (Phi) is 9.08. The standard InChI is InChI=1S/C35H33F4N5O3/c1-20-18-43(31-11-9-26(36)17-28(20)31)27-14-22(13-25(16-27)35(37,38)39)19-44-30(23-7-6-8-24(15-23)33(46)42(4)5)12-10-29(34(44)47)41-32(45)21(2)40-3/h6-18,21,40H,19H2,1-5H3,(H,41,45). The monoisotopic (exact) mass is 647 g/mol. The molecule has 5 rings (SSSR count). The molecule has 0 bridgehead atoms. The number of aromatic nitrogens is 2. The molecular formula is C35H33F4N5O3. The second-order valence-corrected chi connectivity index (χ2v) is 11.5. The molecule has 3 aromatic carbocycles. The molecule has 8 nitrogen and oxygen atoms in total. The van der Waals surface area contributed by atoms with E-state index in [1.54, 1.807) is 76.1 Å². The quantitative estimate of drug-likeness (QED) is 0.196. The molecule has 47 heavy (non-hydrogen) atoms. The molecule has 0 spiro atoms. The largest absolute Gasteiger partial charge is 0.416 e. The Bertz CT molecular complexity index is 2060. The number of fused-ring (bicyclic) bond motifs is 1. The lowest BCUT2D eigenvalue weighted by atomic mass is 10.0. The lowest BCUT2D eigenvalue weighted by Crippen LogP contribution is -2.37. The number of rotatable bonds is 8. The number of nitrogens with one attached hydrogen (secondary N) is 2. The van der Waals surface area contributed by atoms with E-state index >= 15 is 0 Å². The molecule has 2 aromatic heterocycles. The number of benzene rings is 3. The summed E-state index contributed by atoms with van der Waals surface area (Å²) in [5.41, 5.74) is 0.972. The van der Waals surface area contributed by atoms with E-state index in [-0.39, 0.29) is 29.4 Å². The summed E-state index contributed by atoms with van der Waals surface area (Å²) in [5.74, 6) is -1.22. The number of nitrogens with zero attached hydrogens (tertiary/aromatic N) is 3. The van der Waals surface area contributed by atoms with Crippen LogP contribution in [0, 0.1) is 12.7 Å². The smallest absolute Gasteiger partial charge is 0.345 e. The highest BCUT2D eigenvalue weighted by molar-refractivity contribution is 5.96. The van der Waals surface area contributed by atoms with E-state index in [1.165, 1.54) is 39.8 Å². The summed E-state index contributed by atoms with van der Waals surface area (Å²) in [6.07, 6.45) is -3.09. The Hall–Kier alpha value is -5.23. The molecule has 12 heteroatoms. The van der Waals surface area contributed by atoms with Crippen molar-refractivity contribution < 1.29 is 27.2 Å². The van der Waals surface area contributed by atoms with E-state index in [0.717, 1.165) is 12.1 Å². The van der Waals surface area contributed by atoms with E-state index in [1.807, 2.05) is 0 Å². The Balaban J connectivity index is 1.70. The summed E-state index contributed by atoms with van der Waals surface area (Å²) in [4.78, 5) is 40.8. The minimum Gasteiger partial charge on any atom is -0.345 e. The third-order valence-electron chi connectivity index (χ3n) is 7.96. The highest BCUT2D eigenvalue weighted by Gasteiger charge is 2.32. The normalized spacial score (nSPS) is 12.3. The fourth-order valence-electron chi connectivity index (χ4n) is 5.36. The van der Waals surface area contributed by atoms with Crippen LogP contribution in [0.1, 0.15) is 34.0 Å². The number of halogens is 4. The number of anilines is 1. The van der Waals surface area contributed by atoms with Crippen LogP contribution >= 0.6 is 0 Å². The first kappa shape index (κ1) is 33.1. The highest BCUT2D eigenvalue weighted by atomic mass is 19.4. The van der Waals surface area contributed by atoms with Crippen molar-refractivity contribution >= 4 is 28.4 Å². The van der Waals surface area contributed by atoms with Gasteiger partial charge in [-0.1, -0.05) is 12.1 Å². The predicted octanol–water partition coefficient (Wildman–Crippen LogP) is 6.22. The van der Waals surface area contributed by atoms with E-state index < -0.39 is 35.1 Å². The predicted molar refractivity (Wildman–Crippen MR) is 173 cm³/mol. The van der Waals surface area contributed by atoms with Crippen LogP contribution in [-0.4, -0.2) is 53.0 Å². The van der Waals surface area contributed by atoms with Gasteiger partial charge in [-0.05, 0) is 98.2 Å². The lowest BCUT2D eigenvalue weighted by molar-refractivity contribution is -0.137. The van der Waals surface area contributed by atoms with Gasteiger partial charge in [0.1, 0.15) is 11.5 Å². The van der Waals surface area contributed by atoms with Crippen LogP contribution in [0.5, 0.6) is 0 Å². The van der Waals surface area contributed by atoms with Crippen molar-refractivity contribution in [2.75, 3.05) is 26.5 Å². The SMILES string of the molecule is CNC(C)C(=O)Nc1ccc(-c2cccc(C(=O)N(C)C)c2)n(Cc2cc(-n3cc(C)c4cc(F)ccc43)cc(C(F)(F)F)c2)c1=O. The number of hydrogen-bond acceptors (Lipinski definition) is 4. The second-order valence-electron chi connectivity index (χ2n) is 11.5. The van der Waals surface area contributed by atoms with Gasteiger partial charge in [-0.25, -0.2) is 4.39 Å². The van der Waals surface area contributed by atoms with Gasteiger partial charge in [0.25, 0.3) is 11.5 Å². The molecule has 2 heterocycles. The van der Waals surface area contributed by atoms with Crippen LogP contribution in [0.4, 0.5) is 23.2 Å². The van der Waals surface area contributed by atoms with Crippen LogP contribution in [0.2, 0.25) is 0 Å². The fourth-order valence-corrected chi connectivity index (χ4v) is 5.36. The molecular weight excluding hydrogens is 614 g/mol. The first-order valence-corrected chi connectivity index (χ1v) is 14.7. The van der Waals surface area contributed by atoms with Crippen LogP contribution < -0.4 is 16.2 Å². The van der Waals surface area contributed by atoms with Crippen molar-refractivity contribution in [2.24, 2.45) is 0 Å². The van der Waals surface area contributed by atoms with Gasteiger partial charge < -0.3 is 24.7 Å². The van der Waals surface area contributed by atoms with E-state index in [9.17, 15) is 31.9 Å². The molecule has 0 radical (unpaired) electrons. The zero-order chi connectivity index (χ0) is 34.2. The highest BCUT2D eigenvalue weighted by Crippen LogP contribution is 2.34. The Morgan fingerprint density at radius 1 is 0.979 bits per heavy atom. The zero-order valence-corrected chi connectivity index (χ0v) is 26.4. The summed E-state index contributed by atoms with van der Waals surface area (Å²) >= 11 is 0. The molecule has 0 saturated carbocycles. The van der Waals surface area contributed by atoms with Gasteiger partial charge in [0, 0.05) is 36.9 Å². The minimum absolute atomic E-state index is 0.0670. The molecule has 1 unspecified atom stereocenters. The topological polar surface area (TPSA) is 88.4 Å². The summed E-state index contributed by atoms with van der Waals surface area (Å²) in [5, 5.41) is 5.95. The van der Waals surface area contributed by atoms with Crippen molar-refractivity contribution in [3.8, 4) is 16.9 Å². The van der Waals surface area contributed by atoms with Gasteiger partial charge >= 0.3 is 6.18 Å². The number of alkyl halides is 3. The maximum atomic E-state index is 14.3. The van der Waals surface area contributed by atoms with Gasteiger partial charge in [0.2, 0.25) is 5.91 Å². The maximum absolute atomic E-state index is 14.3. The molecule has 0 fully saturated rings. The number of amides is 2. The Morgan fingerprint density at radius 2 is 1.72 bits per heavy atom. The number of carbonyl (C=O) groups excluding carboxylic acids is 2. The van der Waals surface area contributed by atoms with E-state index in [2.05, 4.69) is 10.6 Å². The molecule has 0 aliphatic carbocycles. The van der Waals surface area contributed by atoms with Gasteiger partial charge in [-0.2, -0.15) is 13.2 Å². The average molecular weight is 648 g/mol. The molecule has 244 valence electrons. The van der Waals surface area contributed by atoms with Crippen molar-refractivity contribution in [2.45, 2.75) is 32.6 Å². The fraction of sp³-hybridized carbons (Fsp3) is 0.229. The lowest BCUT2D eigenvalue weighted by Gasteiger charge is -2.19. The Labute approximate surface area is 268 Å². The number of likely N-dealkylation sites (N-methyl/N-ethyl adjacent to an activating group) is 1. The van der Waals surface area contributed by atoms with Crippen molar-refractivity contribution in [3.63, 3.8) is 0 Å². The van der Waals surface area contributed by atoms with Crippen LogP contribution in [0.3, 0.4) is 0 Å². The summed E-state index contributed by atoms with van der Waals surface area (Å²) < 4.78 is 59.7. The number of pyridine rings is 1. The first-order chi connectivity index (χ1) is 22.2. The third kappa shape index (κ3) is 6.82. The van der Waals surface area contributed by atoms with Crippen molar-refractivity contribution in [3.05, 3.63) is 117 Å². The summed E-state index contributed by atoms with van der Waals surface area (Å²) in [7, 11) is 4.79. The van der Waals surface area contributed by atoms with Gasteiger partial charge in [-0.3, -0.25) is 14.4 Å². The molecule has 2 N–H and O–H groups in total. The number of hydrogen-bond donors (Lipinski definition) is 2. The Morgan fingerprint density at radius 3 is 2.40 bits per heavy atom. The van der Waals surface area contributed by atoms with E-state index in [4.69, 9.17) is 0 Å². The number of carbonyl (C=O) groups is 2. The first-order valence-electron chi connectivity index (χ1n) is 14.7. The van der Waals surface area contributed by atoms with Gasteiger partial charge in [0.05, 0.1) is 29.4 Å². The summed E-state index contributed by atoms with van der Waals surface area (Å²) in [6.45, 7) is 3.04. The maximum Gasteiger partial charge on any atom is 0.416 e. The van der Waals surface area contributed by atoms with Crippen LogP contribution in [0.25, 0.3) is 27.8 Å². The molecule has 1 atom stereocenters. The van der Waals surface area contributed by atoms with Gasteiger partial charge in [-0.15, -0.1) is 0 Å². The zero-order valence-electron chi connectivity index (χ0n) is 26.4. The third-order valence-corrected chi connectivity index (χ3v) is 7.96. The molecule has 2 amide bonds. The van der Waals surface area contributed by atoms with Crippen molar-refractivity contribution in [1.82, 2.24) is 19.4 Å². The molecule has 0 aliphatic heterocycles. The number of aryl methyl sites for hydroxylation is 1. The average Bonchev–Trinajstić information content (AvgIpc) is 3.36. The summed E-state index contributed by atoms with van der Waals surface area (Å²) in [6, 6.07) is 16.5. The molecule has 5 aromatic rings. The molecule has 0 aliphatic rings. The second kappa shape index (κ2) is 12.9. The minimum atomic E-state index is -4.72. The van der Waals surface area contributed by atoms with Crippen molar-refractivity contribution in [1.29, 1.82) is 0 Å². The van der Waals surface area contributed by atoms with Crippen LogP contribution in [0.15, 0.2) is 83.8 Å². The van der Waals surface area contributed by atoms with Crippen LogP contribution in [-0.2, 0) is 17.5 Å². The van der Waals surface area contributed by atoms with E-state index in [0.29, 0.717) is 33.3 Å².